The van der Waals surface area contributed by atoms with Crippen molar-refractivity contribution in [2.24, 2.45) is 0 Å². The Labute approximate surface area is 109 Å². The molecule has 0 bridgehead atoms. The molecule has 1 unspecified atom stereocenters. The molecule has 1 fully saturated rings. The molecule has 0 saturated carbocycles. The first-order valence-corrected chi connectivity index (χ1v) is 5.80. The Hall–Kier alpha value is -2.22. The van der Waals surface area contributed by atoms with Crippen molar-refractivity contribution in [2.45, 2.75) is 13.0 Å². The van der Waals surface area contributed by atoms with Crippen LogP contribution in [0, 0.1) is 10.1 Å². The maximum Gasteiger partial charge on any atom is 0.288 e. The third-order valence-corrected chi connectivity index (χ3v) is 2.87. The molecule has 2 N–H and O–H groups in total. The van der Waals surface area contributed by atoms with Gasteiger partial charge in [-0.25, -0.2) is 4.98 Å². The Morgan fingerprint density at radius 2 is 2.42 bits per heavy atom. The molecule has 0 aliphatic carbocycles. The molecule has 2 heterocycles. The zero-order valence-electron chi connectivity index (χ0n) is 10.4. The summed E-state index contributed by atoms with van der Waals surface area (Å²) in [6, 6.07) is 1.16. The summed E-state index contributed by atoms with van der Waals surface area (Å²) in [6.07, 6.45) is 0.971. The van der Waals surface area contributed by atoms with Crippen molar-refractivity contribution in [3.05, 3.63) is 27.9 Å². The molecular weight excluding hydrogens is 252 g/mol. The molecule has 8 heteroatoms. The van der Waals surface area contributed by atoms with Crippen LogP contribution in [0.3, 0.4) is 0 Å². The number of carbonyl (C=O) groups is 1. The number of amides is 1. The minimum absolute atomic E-state index is 0.00487. The maximum atomic E-state index is 12.3. The van der Waals surface area contributed by atoms with E-state index in [4.69, 9.17) is 10.5 Å². The monoisotopic (exact) mass is 266 g/mol. The summed E-state index contributed by atoms with van der Waals surface area (Å²) in [7, 11) is 0. The molecule has 1 amide bonds. The van der Waals surface area contributed by atoms with Crippen LogP contribution in [0.4, 0.5) is 11.5 Å². The van der Waals surface area contributed by atoms with Gasteiger partial charge in [-0.1, -0.05) is 0 Å². The quantitative estimate of drug-likeness (QED) is 0.613. The fourth-order valence-electron chi connectivity index (χ4n) is 1.91. The molecule has 0 radical (unpaired) electrons. The van der Waals surface area contributed by atoms with Crippen molar-refractivity contribution in [3.63, 3.8) is 0 Å². The number of hydrogen-bond acceptors (Lipinski definition) is 6. The Balaban J connectivity index is 2.27. The fourth-order valence-corrected chi connectivity index (χ4v) is 1.91. The Morgan fingerprint density at radius 1 is 1.68 bits per heavy atom. The number of carbonyl (C=O) groups excluding carboxylic acids is 1. The molecular formula is C11H14N4O4. The molecule has 19 heavy (non-hydrogen) atoms. The molecule has 1 atom stereocenters. The molecule has 2 rings (SSSR count). The van der Waals surface area contributed by atoms with Crippen molar-refractivity contribution in [1.29, 1.82) is 0 Å². The number of nitrogen functional groups attached to an aromatic ring is 1. The van der Waals surface area contributed by atoms with Gasteiger partial charge in [0.15, 0.2) is 0 Å². The Morgan fingerprint density at radius 3 is 3.05 bits per heavy atom. The summed E-state index contributed by atoms with van der Waals surface area (Å²) in [5, 5.41) is 10.7. The molecule has 0 spiro atoms. The van der Waals surface area contributed by atoms with Crippen LogP contribution in [0.2, 0.25) is 0 Å². The predicted octanol–water partition coefficient (Wildman–Crippen LogP) is 0.433. The van der Waals surface area contributed by atoms with E-state index in [9.17, 15) is 14.9 Å². The molecule has 0 aromatic carbocycles. The summed E-state index contributed by atoms with van der Waals surface area (Å²) >= 11 is 0. The zero-order chi connectivity index (χ0) is 14.0. The van der Waals surface area contributed by atoms with E-state index in [0.29, 0.717) is 19.7 Å². The second-order valence-corrected chi connectivity index (χ2v) is 4.32. The standard InChI is InChI=1S/C11H14N4O4/c1-7-6-14(2-3-19-7)11(16)9-4-8(15(17)18)5-13-10(9)12/h4-5,7H,2-3,6H2,1H3,(H2,12,13). The second kappa shape index (κ2) is 5.19. The van der Waals surface area contributed by atoms with Crippen LogP contribution in [0.25, 0.3) is 0 Å². The number of pyridine rings is 1. The van der Waals surface area contributed by atoms with Gasteiger partial charge in [0.2, 0.25) is 0 Å². The number of rotatable bonds is 2. The van der Waals surface area contributed by atoms with Gasteiger partial charge in [0.25, 0.3) is 11.6 Å². The first-order valence-electron chi connectivity index (χ1n) is 5.80. The van der Waals surface area contributed by atoms with E-state index in [1.54, 1.807) is 4.90 Å². The molecule has 1 aliphatic heterocycles. The summed E-state index contributed by atoms with van der Waals surface area (Å²) in [5.74, 6) is -0.362. The number of nitrogens with zero attached hydrogens (tertiary/aromatic N) is 3. The lowest BCUT2D eigenvalue weighted by atomic mass is 10.2. The molecule has 1 aliphatic rings. The van der Waals surface area contributed by atoms with Crippen molar-refractivity contribution >= 4 is 17.4 Å². The van der Waals surface area contributed by atoms with Gasteiger partial charge in [-0.2, -0.15) is 0 Å². The minimum Gasteiger partial charge on any atom is -0.383 e. The molecule has 1 saturated heterocycles. The number of aromatic nitrogens is 1. The van der Waals surface area contributed by atoms with Gasteiger partial charge < -0.3 is 15.4 Å². The number of ether oxygens (including phenoxy) is 1. The molecule has 1 aromatic heterocycles. The van der Waals surface area contributed by atoms with Crippen LogP contribution in [0.15, 0.2) is 12.3 Å². The SMILES string of the molecule is CC1CN(C(=O)c2cc([N+](=O)[O-])cnc2N)CCO1. The van der Waals surface area contributed by atoms with Crippen LogP contribution in [0.1, 0.15) is 17.3 Å². The number of nitrogens with two attached hydrogens (primary N) is 1. The van der Waals surface area contributed by atoms with Gasteiger partial charge in [0.1, 0.15) is 12.0 Å². The van der Waals surface area contributed by atoms with Gasteiger partial charge in [-0.15, -0.1) is 0 Å². The summed E-state index contributed by atoms with van der Waals surface area (Å²) in [4.78, 5) is 27.6. The number of nitro groups is 1. The lowest BCUT2D eigenvalue weighted by molar-refractivity contribution is -0.385. The van der Waals surface area contributed by atoms with Gasteiger partial charge in [-0.3, -0.25) is 14.9 Å². The predicted molar refractivity (Wildman–Crippen MR) is 66.6 cm³/mol. The third kappa shape index (κ3) is 2.79. The van der Waals surface area contributed by atoms with E-state index in [0.717, 1.165) is 12.3 Å². The van der Waals surface area contributed by atoms with Gasteiger partial charge in [-0.05, 0) is 6.92 Å². The summed E-state index contributed by atoms with van der Waals surface area (Å²) in [6.45, 7) is 3.16. The van der Waals surface area contributed by atoms with Crippen LogP contribution in [-0.2, 0) is 4.74 Å². The van der Waals surface area contributed by atoms with Crippen molar-refractivity contribution < 1.29 is 14.5 Å². The average Bonchev–Trinajstić information content (AvgIpc) is 2.38. The molecule has 102 valence electrons. The zero-order valence-corrected chi connectivity index (χ0v) is 10.4. The van der Waals surface area contributed by atoms with Crippen LogP contribution in [-0.4, -0.2) is 46.5 Å². The van der Waals surface area contributed by atoms with Crippen LogP contribution < -0.4 is 5.73 Å². The highest BCUT2D eigenvalue weighted by molar-refractivity contribution is 5.98. The average molecular weight is 266 g/mol. The smallest absolute Gasteiger partial charge is 0.288 e. The highest BCUT2D eigenvalue weighted by Crippen LogP contribution is 2.19. The van der Waals surface area contributed by atoms with Crippen molar-refractivity contribution in [1.82, 2.24) is 9.88 Å². The van der Waals surface area contributed by atoms with E-state index in [1.165, 1.54) is 0 Å². The number of hydrogen-bond donors (Lipinski definition) is 1. The highest BCUT2D eigenvalue weighted by Gasteiger charge is 2.25. The van der Waals surface area contributed by atoms with E-state index in [2.05, 4.69) is 4.98 Å². The minimum atomic E-state index is -0.606. The topological polar surface area (TPSA) is 112 Å². The van der Waals surface area contributed by atoms with E-state index < -0.39 is 4.92 Å². The van der Waals surface area contributed by atoms with Gasteiger partial charge in [0.05, 0.1) is 23.2 Å². The number of morpholine rings is 1. The largest absolute Gasteiger partial charge is 0.383 e. The lowest BCUT2D eigenvalue weighted by Crippen LogP contribution is -2.44. The maximum absolute atomic E-state index is 12.3. The summed E-state index contributed by atoms with van der Waals surface area (Å²) in [5.41, 5.74) is 5.43. The lowest BCUT2D eigenvalue weighted by Gasteiger charge is -2.31. The van der Waals surface area contributed by atoms with Gasteiger partial charge >= 0.3 is 0 Å². The van der Waals surface area contributed by atoms with Crippen molar-refractivity contribution in [2.75, 3.05) is 25.4 Å². The molecule has 8 nitrogen and oxygen atoms in total. The van der Waals surface area contributed by atoms with Gasteiger partial charge in [0, 0.05) is 19.2 Å². The third-order valence-electron chi connectivity index (χ3n) is 2.87. The first kappa shape index (κ1) is 13.2. The highest BCUT2D eigenvalue weighted by atomic mass is 16.6. The van der Waals surface area contributed by atoms with E-state index in [1.807, 2.05) is 6.92 Å². The molecule has 1 aromatic rings. The second-order valence-electron chi connectivity index (χ2n) is 4.32. The Bertz CT molecular complexity index is 519. The van der Waals surface area contributed by atoms with E-state index in [-0.39, 0.29) is 29.1 Å². The number of anilines is 1. The van der Waals surface area contributed by atoms with E-state index >= 15 is 0 Å². The summed E-state index contributed by atoms with van der Waals surface area (Å²) < 4.78 is 5.34. The van der Waals surface area contributed by atoms with Crippen molar-refractivity contribution in [3.8, 4) is 0 Å². The van der Waals surface area contributed by atoms with Crippen LogP contribution >= 0.6 is 0 Å². The van der Waals surface area contributed by atoms with Crippen LogP contribution in [0.5, 0.6) is 0 Å². The first-order chi connectivity index (χ1) is 8.99. The Kier molecular flexibility index (Phi) is 3.61. The fraction of sp³-hybridized carbons (Fsp3) is 0.455. The normalized spacial score (nSPS) is 19.2.